The summed E-state index contributed by atoms with van der Waals surface area (Å²) in [6.07, 6.45) is 2.93. The summed E-state index contributed by atoms with van der Waals surface area (Å²) in [6.45, 7) is 13.2. The second kappa shape index (κ2) is 12.6. The van der Waals surface area contributed by atoms with Crippen molar-refractivity contribution in [1.82, 2.24) is 19.8 Å². The van der Waals surface area contributed by atoms with Gasteiger partial charge in [-0.3, -0.25) is 14.7 Å². The van der Waals surface area contributed by atoms with E-state index in [9.17, 15) is 9.59 Å². The molecule has 1 saturated heterocycles. The Kier molecular flexibility index (Phi) is 8.82. The lowest BCUT2D eigenvalue weighted by atomic mass is 10.0. The van der Waals surface area contributed by atoms with Crippen molar-refractivity contribution in [1.29, 1.82) is 0 Å². The lowest BCUT2D eigenvalue weighted by Gasteiger charge is -2.40. The Hall–Kier alpha value is -4.58. The number of carbonyl (C=O) groups is 2. The van der Waals surface area contributed by atoms with Crippen LogP contribution in [0.2, 0.25) is 0 Å². The fourth-order valence-electron chi connectivity index (χ4n) is 5.70. The number of fused-ring (bicyclic) bond motifs is 1. The van der Waals surface area contributed by atoms with Gasteiger partial charge in [-0.05, 0) is 55.7 Å². The number of benzene rings is 1. The average Bonchev–Trinajstić information content (AvgIpc) is 2.99. The number of aromatic nitrogens is 2. The van der Waals surface area contributed by atoms with Gasteiger partial charge in [0.25, 0.3) is 0 Å². The van der Waals surface area contributed by atoms with Crippen molar-refractivity contribution in [3.05, 3.63) is 71.6 Å². The maximum atomic E-state index is 16.1. The SMILES string of the molecule is C=CC(=O)N1CCN(Cc2cc(F)c(-c3c(F)ccc4c3OCCO4)nc2N(C(N)=O)c2c(C)ccnc2C(C)C)[C@@H](C)C1. The molecule has 0 spiro atoms. The lowest BCUT2D eigenvalue weighted by molar-refractivity contribution is -0.128. The zero-order chi connectivity index (χ0) is 31.7. The van der Waals surface area contributed by atoms with Gasteiger partial charge < -0.3 is 20.1 Å². The minimum absolute atomic E-state index is 0.0315. The number of piperazine rings is 1. The standard InChI is InChI=1S/C32H36F2N6O4/c1-6-25(41)39-12-11-38(20(5)16-39)17-21-15-23(34)28(26-22(33)7-8-24-30(26)44-14-13-43-24)37-31(21)40(32(35)42)29-19(4)9-10-36-27(29)18(2)3/h6-10,15,18,20H,1,11-14,16-17H2,2-5H3,(H2,35,42)/t20-/m0/s1. The Morgan fingerprint density at radius 3 is 2.61 bits per heavy atom. The van der Waals surface area contributed by atoms with E-state index in [4.69, 9.17) is 15.2 Å². The molecular weight excluding hydrogens is 570 g/mol. The third-order valence-corrected chi connectivity index (χ3v) is 7.91. The molecule has 3 aromatic rings. The number of nitrogens with two attached hydrogens (primary N) is 1. The molecule has 0 aliphatic carbocycles. The largest absolute Gasteiger partial charge is 0.486 e. The number of primary amides is 1. The Bertz CT molecular complexity index is 1610. The van der Waals surface area contributed by atoms with E-state index in [-0.39, 0.29) is 66.2 Å². The van der Waals surface area contributed by atoms with Gasteiger partial charge in [-0.1, -0.05) is 20.4 Å². The summed E-state index contributed by atoms with van der Waals surface area (Å²) in [5.74, 6) is -1.51. The van der Waals surface area contributed by atoms with Gasteiger partial charge in [0.2, 0.25) is 5.91 Å². The molecule has 1 atom stereocenters. The summed E-state index contributed by atoms with van der Waals surface area (Å²) >= 11 is 0. The molecule has 2 N–H and O–H groups in total. The van der Waals surface area contributed by atoms with Crippen LogP contribution in [-0.2, 0) is 11.3 Å². The van der Waals surface area contributed by atoms with E-state index >= 15 is 8.78 Å². The molecule has 0 radical (unpaired) electrons. The number of anilines is 2. The van der Waals surface area contributed by atoms with Gasteiger partial charge in [-0.2, -0.15) is 0 Å². The first-order valence-electron chi connectivity index (χ1n) is 14.5. The predicted octanol–water partition coefficient (Wildman–Crippen LogP) is 5.06. The number of aryl methyl sites for hydroxylation is 1. The van der Waals surface area contributed by atoms with Crippen molar-refractivity contribution < 1.29 is 27.8 Å². The summed E-state index contributed by atoms with van der Waals surface area (Å²) in [5.41, 5.74) is 7.54. The highest BCUT2D eigenvalue weighted by molar-refractivity contribution is 6.00. The molecule has 2 aliphatic rings. The fourth-order valence-corrected chi connectivity index (χ4v) is 5.70. The van der Waals surface area contributed by atoms with Gasteiger partial charge in [0.1, 0.15) is 36.4 Å². The summed E-state index contributed by atoms with van der Waals surface area (Å²) in [4.78, 5) is 39.7. The maximum absolute atomic E-state index is 16.1. The highest BCUT2D eigenvalue weighted by atomic mass is 19.1. The Morgan fingerprint density at radius 1 is 1.18 bits per heavy atom. The third-order valence-electron chi connectivity index (χ3n) is 7.91. The predicted molar refractivity (Wildman–Crippen MR) is 162 cm³/mol. The second-order valence-electron chi connectivity index (χ2n) is 11.2. The van der Waals surface area contributed by atoms with E-state index in [1.54, 1.807) is 17.2 Å². The quantitative estimate of drug-likeness (QED) is 0.374. The van der Waals surface area contributed by atoms with Gasteiger partial charge in [0.15, 0.2) is 11.5 Å². The number of carbonyl (C=O) groups excluding carboxylic acids is 2. The molecule has 1 aromatic carbocycles. The van der Waals surface area contributed by atoms with Gasteiger partial charge in [-0.25, -0.2) is 23.5 Å². The van der Waals surface area contributed by atoms with Crippen molar-refractivity contribution in [2.75, 3.05) is 37.7 Å². The van der Waals surface area contributed by atoms with Crippen LogP contribution < -0.4 is 20.1 Å². The van der Waals surface area contributed by atoms with Gasteiger partial charge in [0.05, 0.1) is 16.9 Å². The number of ether oxygens (including phenoxy) is 2. The Labute approximate surface area is 255 Å². The average molecular weight is 607 g/mol. The van der Waals surface area contributed by atoms with Crippen molar-refractivity contribution in [3.8, 4) is 22.8 Å². The number of halogens is 2. The zero-order valence-electron chi connectivity index (χ0n) is 25.3. The number of urea groups is 1. The minimum Gasteiger partial charge on any atom is -0.486 e. The van der Waals surface area contributed by atoms with Crippen LogP contribution in [0.3, 0.4) is 0 Å². The highest BCUT2D eigenvalue weighted by Gasteiger charge is 2.33. The first-order valence-corrected chi connectivity index (χ1v) is 14.5. The molecule has 5 rings (SSSR count). The number of hydrogen-bond acceptors (Lipinski definition) is 7. The Morgan fingerprint density at radius 2 is 1.93 bits per heavy atom. The highest BCUT2D eigenvalue weighted by Crippen LogP contribution is 2.44. The van der Waals surface area contributed by atoms with E-state index in [1.807, 2.05) is 27.7 Å². The molecule has 10 nitrogen and oxygen atoms in total. The van der Waals surface area contributed by atoms with Crippen LogP contribution in [0.5, 0.6) is 11.5 Å². The summed E-state index contributed by atoms with van der Waals surface area (Å²) in [5, 5.41) is 0. The third kappa shape index (κ3) is 5.81. The summed E-state index contributed by atoms with van der Waals surface area (Å²) < 4.78 is 42.9. The minimum atomic E-state index is -0.862. The molecule has 0 unspecified atom stereocenters. The molecule has 0 bridgehead atoms. The topological polar surface area (TPSA) is 114 Å². The van der Waals surface area contributed by atoms with Crippen LogP contribution in [0.1, 0.15) is 43.5 Å². The van der Waals surface area contributed by atoms with Crippen LogP contribution in [0.25, 0.3) is 11.3 Å². The molecular formula is C32H36F2N6O4. The molecule has 3 amide bonds. The molecule has 4 heterocycles. The molecule has 1 fully saturated rings. The summed E-state index contributed by atoms with van der Waals surface area (Å²) in [6, 6.07) is 4.61. The van der Waals surface area contributed by atoms with E-state index in [2.05, 4.69) is 21.4 Å². The fraction of sp³-hybridized carbons (Fsp3) is 0.375. The van der Waals surface area contributed by atoms with E-state index in [1.165, 1.54) is 23.1 Å². The van der Waals surface area contributed by atoms with E-state index < -0.39 is 17.7 Å². The van der Waals surface area contributed by atoms with Crippen LogP contribution in [-0.4, -0.2) is 70.6 Å². The van der Waals surface area contributed by atoms with Crippen molar-refractivity contribution in [2.24, 2.45) is 5.73 Å². The molecule has 2 aliphatic heterocycles. The van der Waals surface area contributed by atoms with Crippen LogP contribution in [0, 0.1) is 18.6 Å². The van der Waals surface area contributed by atoms with Crippen LogP contribution in [0.4, 0.5) is 25.1 Å². The first-order chi connectivity index (χ1) is 21.0. The van der Waals surface area contributed by atoms with Gasteiger partial charge >= 0.3 is 6.03 Å². The first kappa shape index (κ1) is 30.9. The monoisotopic (exact) mass is 606 g/mol. The lowest BCUT2D eigenvalue weighted by Crippen LogP contribution is -2.52. The normalized spacial score (nSPS) is 16.6. The molecule has 12 heteroatoms. The van der Waals surface area contributed by atoms with Crippen molar-refractivity contribution >= 4 is 23.4 Å². The van der Waals surface area contributed by atoms with Crippen LogP contribution in [0.15, 0.2) is 43.1 Å². The van der Waals surface area contributed by atoms with Gasteiger partial charge in [0, 0.05) is 44.0 Å². The number of hydrogen-bond donors (Lipinski definition) is 1. The number of rotatable bonds is 7. The molecule has 232 valence electrons. The Balaban J connectivity index is 1.70. The van der Waals surface area contributed by atoms with E-state index in [0.29, 0.717) is 42.1 Å². The number of pyridine rings is 2. The van der Waals surface area contributed by atoms with Gasteiger partial charge in [-0.15, -0.1) is 0 Å². The molecule has 44 heavy (non-hydrogen) atoms. The van der Waals surface area contributed by atoms with E-state index in [0.717, 1.165) is 6.07 Å². The summed E-state index contributed by atoms with van der Waals surface area (Å²) in [7, 11) is 0. The number of nitrogens with zero attached hydrogens (tertiary/aromatic N) is 5. The van der Waals surface area contributed by atoms with Crippen molar-refractivity contribution in [3.63, 3.8) is 0 Å². The molecule has 0 saturated carbocycles. The maximum Gasteiger partial charge on any atom is 0.325 e. The van der Waals surface area contributed by atoms with Crippen LogP contribution >= 0.6 is 0 Å². The number of amides is 3. The molecule has 2 aromatic heterocycles. The smallest absolute Gasteiger partial charge is 0.325 e. The second-order valence-corrected chi connectivity index (χ2v) is 11.2. The van der Waals surface area contributed by atoms with Crippen molar-refractivity contribution in [2.45, 2.75) is 46.2 Å². The zero-order valence-corrected chi connectivity index (χ0v) is 25.3.